The Bertz CT molecular complexity index is 1220. The number of carbonyl (C=O) groups is 1. The highest BCUT2D eigenvalue weighted by molar-refractivity contribution is 7.99. The molecule has 33 heavy (non-hydrogen) atoms. The van der Waals surface area contributed by atoms with Crippen molar-refractivity contribution in [3.8, 4) is 0 Å². The molecule has 0 fully saturated rings. The van der Waals surface area contributed by atoms with Gasteiger partial charge in [-0.25, -0.2) is 9.38 Å². The van der Waals surface area contributed by atoms with Gasteiger partial charge in [0.2, 0.25) is 0 Å². The number of thiazole rings is 1. The lowest BCUT2D eigenvalue weighted by Crippen LogP contribution is -2.38. The predicted molar refractivity (Wildman–Crippen MR) is 130 cm³/mol. The summed E-state index contributed by atoms with van der Waals surface area (Å²) in [7, 11) is 0. The molecule has 13 heteroatoms. The molecule has 0 bridgehead atoms. The minimum atomic E-state index is -4.65. The van der Waals surface area contributed by atoms with Crippen molar-refractivity contribution >= 4 is 81.0 Å². The highest BCUT2D eigenvalue weighted by Crippen LogP contribution is 2.58. The van der Waals surface area contributed by atoms with E-state index in [0.29, 0.717) is 27.3 Å². The maximum atomic E-state index is 14.3. The minimum Gasteiger partial charge on any atom is -0.345 e. The fraction of sp³-hybridized carbons (Fsp3) is 0.250. The molecule has 1 N–H and O–H groups in total. The number of aromatic nitrogens is 1. The molecule has 4 nitrogen and oxygen atoms in total. The highest BCUT2D eigenvalue weighted by atomic mass is 35.5. The van der Waals surface area contributed by atoms with Gasteiger partial charge in [0, 0.05) is 18.0 Å². The van der Waals surface area contributed by atoms with E-state index in [2.05, 4.69) is 14.7 Å². The molecule has 1 amide bonds. The van der Waals surface area contributed by atoms with Crippen LogP contribution in [0.4, 0.5) is 13.2 Å². The van der Waals surface area contributed by atoms with Crippen molar-refractivity contribution in [3.05, 3.63) is 70.7 Å². The van der Waals surface area contributed by atoms with E-state index in [1.165, 1.54) is 23.5 Å². The van der Waals surface area contributed by atoms with Crippen molar-refractivity contribution in [2.75, 3.05) is 0 Å². The Kier molecular flexibility index (Phi) is 7.06. The number of aryl methyl sites for hydroxylation is 1. The van der Waals surface area contributed by atoms with E-state index in [1.807, 2.05) is 0 Å². The van der Waals surface area contributed by atoms with Gasteiger partial charge in [0.15, 0.2) is 4.75 Å². The van der Waals surface area contributed by atoms with Crippen molar-refractivity contribution in [3.63, 3.8) is 0 Å². The summed E-state index contributed by atoms with van der Waals surface area (Å²) in [6.07, 6.45) is -3.44. The first-order valence-electron chi connectivity index (χ1n) is 9.26. The minimum absolute atomic E-state index is 0.00849. The van der Waals surface area contributed by atoms with Crippen molar-refractivity contribution in [2.24, 2.45) is 4.40 Å². The fourth-order valence-corrected chi connectivity index (χ4v) is 6.49. The molecular weight excluding hydrogens is 558 g/mol. The number of thiophene rings is 1. The predicted octanol–water partition coefficient (Wildman–Crippen LogP) is 7.70. The van der Waals surface area contributed by atoms with Crippen LogP contribution in [0.25, 0.3) is 0 Å². The number of benzene rings is 1. The molecule has 1 unspecified atom stereocenters. The summed E-state index contributed by atoms with van der Waals surface area (Å²) in [6.45, 7) is 2.01. The topological polar surface area (TPSA) is 54.4 Å². The van der Waals surface area contributed by atoms with Gasteiger partial charge in [0.25, 0.3) is 5.91 Å². The zero-order valence-corrected chi connectivity index (χ0v) is 21.3. The molecule has 4 rings (SSSR count). The maximum Gasteiger partial charge on any atom is 0.409 e. The third-order valence-corrected chi connectivity index (χ3v) is 9.42. The molecule has 1 aliphatic rings. The van der Waals surface area contributed by atoms with Crippen LogP contribution < -0.4 is 5.32 Å². The lowest BCUT2D eigenvalue weighted by atomic mass is 9.91. The molecule has 174 valence electrons. The second-order valence-electron chi connectivity index (χ2n) is 7.12. The number of rotatable bonds is 5. The Labute approximate surface area is 214 Å². The molecule has 0 saturated carbocycles. The van der Waals surface area contributed by atoms with E-state index < -0.39 is 17.3 Å². The van der Waals surface area contributed by atoms with E-state index in [-0.39, 0.29) is 38.8 Å². The molecule has 0 radical (unpaired) electrons. The van der Waals surface area contributed by atoms with Crippen LogP contribution in [-0.4, -0.2) is 22.8 Å². The second-order valence-corrected chi connectivity index (χ2v) is 11.4. The third-order valence-electron chi connectivity index (χ3n) is 4.93. The molecular formula is C20H13Cl3F3N3OS3. The van der Waals surface area contributed by atoms with Gasteiger partial charge < -0.3 is 5.32 Å². The van der Waals surface area contributed by atoms with Gasteiger partial charge in [-0.1, -0.05) is 34.8 Å². The number of carbonyl (C=O) groups excluding carboxylic acids is 1. The van der Waals surface area contributed by atoms with Gasteiger partial charge >= 0.3 is 6.18 Å². The summed E-state index contributed by atoms with van der Waals surface area (Å²) >= 11 is 20.9. The van der Waals surface area contributed by atoms with E-state index in [9.17, 15) is 18.0 Å². The number of nitrogens with zero attached hydrogens (tertiary/aromatic N) is 2. The monoisotopic (exact) mass is 569 g/mol. The Morgan fingerprint density at radius 1 is 1.21 bits per heavy atom. The van der Waals surface area contributed by atoms with E-state index in [1.54, 1.807) is 24.6 Å². The number of halogens is 6. The number of hydrogen-bond acceptors (Lipinski definition) is 6. The SMILES string of the molecule is Cc1cc(C2=NSC(c3cc(Cl)c(Cl)c(Cl)c3)(C(F)(F)F)C2)sc1C(=O)NCc1nccs1. The summed E-state index contributed by atoms with van der Waals surface area (Å²) in [6, 6.07) is 4.02. The molecule has 2 aromatic heterocycles. The van der Waals surface area contributed by atoms with Crippen LogP contribution in [0.5, 0.6) is 0 Å². The zero-order valence-electron chi connectivity index (χ0n) is 16.6. The van der Waals surface area contributed by atoms with Crippen LogP contribution >= 0.6 is 69.4 Å². The standard InChI is InChI=1S/C20H13Cl3F3N3OS3/c1-9-4-14(32-17(9)18(30)28-8-15-27-2-3-31-15)13-7-19(33-29-13,20(24,25)26)10-5-11(21)16(23)12(22)6-10/h2-6H,7-8H2,1H3,(H,28,30). The van der Waals surface area contributed by atoms with Crippen molar-refractivity contribution in [1.29, 1.82) is 0 Å². The summed E-state index contributed by atoms with van der Waals surface area (Å²) in [4.78, 5) is 17.6. The maximum absolute atomic E-state index is 14.3. The number of nitrogens with one attached hydrogen (secondary N) is 1. The van der Waals surface area contributed by atoms with Gasteiger partial charge in [0.1, 0.15) is 5.01 Å². The number of alkyl halides is 3. The van der Waals surface area contributed by atoms with Crippen LogP contribution in [0, 0.1) is 6.92 Å². The van der Waals surface area contributed by atoms with Crippen LogP contribution in [-0.2, 0) is 11.3 Å². The zero-order chi connectivity index (χ0) is 24.0. The molecule has 1 aliphatic heterocycles. The molecule has 3 aromatic rings. The highest BCUT2D eigenvalue weighted by Gasteiger charge is 2.60. The average molecular weight is 571 g/mol. The smallest absolute Gasteiger partial charge is 0.345 e. The van der Waals surface area contributed by atoms with Gasteiger partial charge in [-0.15, -0.1) is 22.7 Å². The molecule has 3 heterocycles. The van der Waals surface area contributed by atoms with Crippen LogP contribution in [0.15, 0.2) is 34.2 Å². The van der Waals surface area contributed by atoms with Crippen molar-refractivity contribution < 1.29 is 18.0 Å². The van der Waals surface area contributed by atoms with Gasteiger partial charge in [0.05, 0.1) is 37.1 Å². The van der Waals surface area contributed by atoms with Gasteiger partial charge in [-0.2, -0.15) is 13.2 Å². The first-order valence-corrected chi connectivity index (χ1v) is 12.9. The lowest BCUT2D eigenvalue weighted by molar-refractivity contribution is -0.159. The molecule has 0 saturated heterocycles. The fourth-order valence-electron chi connectivity index (χ4n) is 3.25. The lowest BCUT2D eigenvalue weighted by Gasteiger charge is -2.30. The summed E-state index contributed by atoms with van der Waals surface area (Å²) < 4.78 is 44.7. The Balaban J connectivity index is 1.60. The van der Waals surface area contributed by atoms with Crippen LogP contribution in [0.1, 0.15) is 37.1 Å². The Hall–Kier alpha value is -1.30. The largest absolute Gasteiger partial charge is 0.409 e. The molecule has 0 spiro atoms. The number of hydrogen-bond donors (Lipinski definition) is 1. The number of amides is 1. The summed E-state index contributed by atoms with van der Waals surface area (Å²) in [5.74, 6) is -0.316. The van der Waals surface area contributed by atoms with E-state index in [4.69, 9.17) is 34.8 Å². The second kappa shape index (κ2) is 9.39. The van der Waals surface area contributed by atoms with E-state index >= 15 is 0 Å². The van der Waals surface area contributed by atoms with Gasteiger partial charge in [-0.05, 0) is 48.2 Å². The normalized spacial score (nSPS) is 18.5. The quantitative estimate of drug-likeness (QED) is 0.253. The molecule has 1 atom stereocenters. The molecule has 0 aliphatic carbocycles. The van der Waals surface area contributed by atoms with E-state index in [0.717, 1.165) is 16.3 Å². The Morgan fingerprint density at radius 3 is 2.52 bits per heavy atom. The summed E-state index contributed by atoms with van der Waals surface area (Å²) in [5, 5.41) is 5.20. The van der Waals surface area contributed by atoms with Gasteiger partial charge in [-0.3, -0.25) is 4.79 Å². The summed E-state index contributed by atoms with van der Waals surface area (Å²) in [5.41, 5.74) is 0.765. The first kappa shape index (κ1) is 24.8. The average Bonchev–Trinajstić information content (AvgIpc) is 3.49. The molecule has 1 aromatic carbocycles. The Morgan fingerprint density at radius 2 is 1.91 bits per heavy atom. The van der Waals surface area contributed by atoms with Crippen molar-refractivity contribution in [2.45, 2.75) is 30.8 Å². The van der Waals surface area contributed by atoms with Crippen LogP contribution in [0.2, 0.25) is 15.1 Å². The third kappa shape index (κ3) is 4.78. The van der Waals surface area contributed by atoms with Crippen LogP contribution in [0.3, 0.4) is 0 Å². The first-order chi connectivity index (χ1) is 15.5. The van der Waals surface area contributed by atoms with Crippen molar-refractivity contribution in [1.82, 2.24) is 10.3 Å².